The summed E-state index contributed by atoms with van der Waals surface area (Å²) in [6.45, 7) is 6.17. The number of aromatic nitrogens is 2. The normalized spacial score (nSPS) is 14.6. The third-order valence-electron chi connectivity index (χ3n) is 3.85. The average molecular weight is 270 g/mol. The molecule has 1 fully saturated rings. The van der Waals surface area contributed by atoms with Crippen LogP contribution in [0.5, 0.6) is 0 Å². The molecule has 0 unspecified atom stereocenters. The summed E-state index contributed by atoms with van der Waals surface area (Å²) in [7, 11) is 0. The largest absolute Gasteiger partial charge is 0.478 e. The molecule has 0 aliphatic heterocycles. The predicted octanol–water partition coefficient (Wildman–Crippen LogP) is 3.37. The molecular weight excluding hydrogens is 252 g/mol. The maximum Gasteiger partial charge on any atom is 0.339 e. The first-order valence-electron chi connectivity index (χ1n) is 6.88. The number of carbonyl (C=O) groups is 1. The average Bonchev–Trinajstić information content (AvgIpc) is 3.08. The Balaban J connectivity index is 2.23. The van der Waals surface area contributed by atoms with E-state index in [9.17, 15) is 9.90 Å². The van der Waals surface area contributed by atoms with Crippen LogP contribution in [-0.4, -0.2) is 20.9 Å². The van der Waals surface area contributed by atoms with Gasteiger partial charge in [0.25, 0.3) is 0 Å². The number of aromatic carboxylic acids is 1. The first-order chi connectivity index (χ1) is 9.49. The zero-order valence-electron chi connectivity index (χ0n) is 12.0. The highest BCUT2D eigenvalue weighted by Crippen LogP contribution is 2.43. The second kappa shape index (κ2) is 4.47. The quantitative estimate of drug-likeness (QED) is 0.930. The lowest BCUT2D eigenvalue weighted by Crippen LogP contribution is -2.08. The Hall–Kier alpha value is -2.10. The van der Waals surface area contributed by atoms with Gasteiger partial charge in [-0.05, 0) is 44.7 Å². The standard InChI is InChI=1S/C16H18N2O2/c1-9-6-10(2)14(11(3)7-9)18-15(12-4-5-12)13(8-17-18)16(19)20/h6-8,12H,4-5H2,1-3H3,(H,19,20). The second-order valence-corrected chi connectivity index (χ2v) is 5.68. The van der Waals surface area contributed by atoms with Gasteiger partial charge in [0.15, 0.2) is 0 Å². The highest BCUT2D eigenvalue weighted by molar-refractivity contribution is 5.89. The van der Waals surface area contributed by atoms with Crippen molar-refractivity contribution in [2.45, 2.75) is 39.5 Å². The van der Waals surface area contributed by atoms with E-state index in [4.69, 9.17) is 0 Å². The summed E-state index contributed by atoms with van der Waals surface area (Å²) in [5.74, 6) is -0.552. The van der Waals surface area contributed by atoms with E-state index in [-0.39, 0.29) is 0 Å². The van der Waals surface area contributed by atoms with Gasteiger partial charge >= 0.3 is 5.97 Å². The molecule has 0 amide bonds. The lowest BCUT2D eigenvalue weighted by atomic mass is 10.0. The lowest BCUT2D eigenvalue weighted by Gasteiger charge is -2.14. The van der Waals surface area contributed by atoms with Gasteiger partial charge < -0.3 is 5.11 Å². The molecule has 0 saturated heterocycles. The summed E-state index contributed by atoms with van der Waals surface area (Å²) in [6, 6.07) is 4.22. The molecule has 1 N–H and O–H groups in total. The molecule has 4 heteroatoms. The molecule has 1 aliphatic carbocycles. The van der Waals surface area contributed by atoms with Crippen LogP contribution >= 0.6 is 0 Å². The van der Waals surface area contributed by atoms with Gasteiger partial charge in [0, 0.05) is 5.92 Å². The Morgan fingerprint density at radius 1 is 1.25 bits per heavy atom. The number of hydrogen-bond acceptors (Lipinski definition) is 2. The van der Waals surface area contributed by atoms with Crippen LogP contribution in [0, 0.1) is 20.8 Å². The molecule has 3 rings (SSSR count). The molecule has 1 aromatic carbocycles. The van der Waals surface area contributed by atoms with Gasteiger partial charge in [-0.15, -0.1) is 0 Å². The van der Waals surface area contributed by atoms with Crippen LogP contribution in [0.1, 0.15) is 51.5 Å². The van der Waals surface area contributed by atoms with E-state index >= 15 is 0 Å². The maximum absolute atomic E-state index is 11.4. The highest BCUT2D eigenvalue weighted by atomic mass is 16.4. The SMILES string of the molecule is Cc1cc(C)c(-n2ncc(C(=O)O)c2C2CC2)c(C)c1. The second-order valence-electron chi connectivity index (χ2n) is 5.68. The zero-order valence-corrected chi connectivity index (χ0v) is 12.0. The zero-order chi connectivity index (χ0) is 14.4. The first-order valence-corrected chi connectivity index (χ1v) is 6.88. The van der Waals surface area contributed by atoms with Crippen LogP contribution < -0.4 is 0 Å². The van der Waals surface area contributed by atoms with Crippen LogP contribution in [0.15, 0.2) is 18.3 Å². The molecule has 104 valence electrons. The summed E-state index contributed by atoms with van der Waals surface area (Å²) in [6.07, 6.45) is 3.58. The summed E-state index contributed by atoms with van der Waals surface area (Å²) in [5.41, 5.74) is 5.68. The summed E-state index contributed by atoms with van der Waals surface area (Å²) < 4.78 is 1.84. The van der Waals surface area contributed by atoms with Gasteiger partial charge in [-0.25, -0.2) is 9.48 Å². The molecule has 1 aliphatic rings. The number of hydrogen-bond donors (Lipinski definition) is 1. The van der Waals surface area contributed by atoms with E-state index in [1.807, 2.05) is 18.5 Å². The van der Waals surface area contributed by atoms with Crippen molar-refractivity contribution in [1.29, 1.82) is 0 Å². The Morgan fingerprint density at radius 3 is 2.35 bits per heavy atom. The number of aryl methyl sites for hydroxylation is 3. The Bertz CT molecular complexity index is 673. The van der Waals surface area contributed by atoms with Gasteiger partial charge in [-0.1, -0.05) is 17.7 Å². The van der Waals surface area contributed by atoms with Gasteiger partial charge in [0.1, 0.15) is 5.56 Å². The van der Waals surface area contributed by atoms with Crippen molar-refractivity contribution in [1.82, 2.24) is 9.78 Å². The number of nitrogens with zero attached hydrogens (tertiary/aromatic N) is 2. The fourth-order valence-electron chi connectivity index (χ4n) is 2.96. The van der Waals surface area contributed by atoms with Crippen LogP contribution in [0.3, 0.4) is 0 Å². The van der Waals surface area contributed by atoms with E-state index in [2.05, 4.69) is 24.2 Å². The monoisotopic (exact) mass is 270 g/mol. The molecule has 0 atom stereocenters. The Morgan fingerprint density at radius 2 is 1.85 bits per heavy atom. The van der Waals surface area contributed by atoms with Crippen molar-refractivity contribution >= 4 is 5.97 Å². The van der Waals surface area contributed by atoms with Crippen molar-refractivity contribution in [3.63, 3.8) is 0 Å². The molecule has 0 radical (unpaired) electrons. The molecule has 1 aromatic heterocycles. The third-order valence-corrected chi connectivity index (χ3v) is 3.85. The van der Waals surface area contributed by atoms with Gasteiger partial charge in [-0.2, -0.15) is 5.10 Å². The van der Waals surface area contributed by atoms with Crippen molar-refractivity contribution in [3.05, 3.63) is 46.3 Å². The maximum atomic E-state index is 11.4. The minimum atomic E-state index is -0.888. The van der Waals surface area contributed by atoms with Gasteiger partial charge in [-0.3, -0.25) is 0 Å². The number of carboxylic acid groups (broad SMARTS) is 1. The Kier molecular flexibility index (Phi) is 2.89. The van der Waals surface area contributed by atoms with Crippen LogP contribution in [0.25, 0.3) is 5.69 Å². The molecule has 4 nitrogen and oxygen atoms in total. The van der Waals surface area contributed by atoms with Crippen molar-refractivity contribution in [2.75, 3.05) is 0 Å². The molecule has 20 heavy (non-hydrogen) atoms. The fraction of sp³-hybridized carbons (Fsp3) is 0.375. The topological polar surface area (TPSA) is 55.1 Å². The van der Waals surface area contributed by atoms with Gasteiger partial charge in [0.05, 0.1) is 17.6 Å². The lowest BCUT2D eigenvalue weighted by molar-refractivity contribution is 0.0695. The van der Waals surface area contributed by atoms with Crippen LogP contribution in [0.4, 0.5) is 0 Å². The molecular formula is C16H18N2O2. The minimum Gasteiger partial charge on any atom is -0.478 e. The van der Waals surface area contributed by atoms with Crippen molar-refractivity contribution in [2.24, 2.45) is 0 Å². The van der Waals surface area contributed by atoms with Gasteiger partial charge in [0.2, 0.25) is 0 Å². The van der Waals surface area contributed by atoms with E-state index in [0.29, 0.717) is 11.5 Å². The van der Waals surface area contributed by atoms with E-state index in [0.717, 1.165) is 35.3 Å². The van der Waals surface area contributed by atoms with E-state index < -0.39 is 5.97 Å². The molecule has 2 aromatic rings. The number of rotatable bonds is 3. The summed E-state index contributed by atoms with van der Waals surface area (Å²) in [4.78, 5) is 11.4. The molecule has 0 bridgehead atoms. The Labute approximate surface area is 118 Å². The fourth-order valence-corrected chi connectivity index (χ4v) is 2.96. The van der Waals surface area contributed by atoms with Crippen molar-refractivity contribution < 1.29 is 9.90 Å². The highest BCUT2D eigenvalue weighted by Gasteiger charge is 2.33. The first kappa shape index (κ1) is 12.9. The molecule has 1 saturated carbocycles. The smallest absolute Gasteiger partial charge is 0.339 e. The predicted molar refractivity (Wildman–Crippen MR) is 76.7 cm³/mol. The van der Waals surface area contributed by atoms with E-state index in [1.165, 1.54) is 11.8 Å². The van der Waals surface area contributed by atoms with E-state index in [1.54, 1.807) is 0 Å². The summed E-state index contributed by atoms with van der Waals surface area (Å²) in [5, 5.41) is 13.7. The molecule has 1 heterocycles. The minimum absolute atomic E-state index is 0.337. The third kappa shape index (κ3) is 2.01. The van der Waals surface area contributed by atoms with Crippen LogP contribution in [0.2, 0.25) is 0 Å². The number of benzene rings is 1. The van der Waals surface area contributed by atoms with Crippen molar-refractivity contribution in [3.8, 4) is 5.69 Å². The van der Waals surface area contributed by atoms with Crippen LogP contribution in [-0.2, 0) is 0 Å². The summed E-state index contributed by atoms with van der Waals surface area (Å²) >= 11 is 0. The molecule has 0 spiro atoms. The number of carboxylic acids is 1.